The second-order valence-corrected chi connectivity index (χ2v) is 8.20. The van der Waals surface area contributed by atoms with Crippen molar-refractivity contribution in [3.8, 4) is 12.3 Å². The lowest BCUT2D eigenvalue weighted by Gasteiger charge is -2.34. The van der Waals surface area contributed by atoms with Crippen molar-refractivity contribution in [2.45, 2.75) is 25.2 Å². The van der Waals surface area contributed by atoms with Crippen molar-refractivity contribution in [3.05, 3.63) is 28.3 Å². The molecule has 8 heteroatoms. The van der Waals surface area contributed by atoms with Gasteiger partial charge in [-0.1, -0.05) is 19.8 Å². The van der Waals surface area contributed by atoms with Crippen LogP contribution in [-0.4, -0.2) is 37.3 Å². The predicted octanol–water partition coefficient (Wildman–Crippen LogP) is 2.31. The molecule has 0 amide bonds. The number of nitrogens with one attached hydrogen (secondary N) is 1. The summed E-state index contributed by atoms with van der Waals surface area (Å²) in [6, 6.07) is 3.86. The van der Waals surface area contributed by atoms with Crippen molar-refractivity contribution in [1.82, 2.24) is 4.31 Å². The van der Waals surface area contributed by atoms with Gasteiger partial charge in [0.1, 0.15) is 5.69 Å². The van der Waals surface area contributed by atoms with Crippen LogP contribution >= 0.6 is 0 Å². The van der Waals surface area contributed by atoms with E-state index in [1.54, 1.807) is 0 Å². The Balaban J connectivity index is 2.38. The van der Waals surface area contributed by atoms with Crippen molar-refractivity contribution < 1.29 is 13.3 Å². The van der Waals surface area contributed by atoms with Gasteiger partial charge in [0.2, 0.25) is 10.0 Å². The Morgan fingerprint density at radius 1 is 1.38 bits per heavy atom. The molecule has 1 aromatic carbocycles. The standard InChI is InChI=1S/C16H21N3O4S/c1-4-7-17-15-6-5-14(9-16(15)19(20)21)24(22,23)18-10-12(2)8-13(3)11-18/h1,5-6,9,12-13,17H,7-8,10-11H2,2-3H3/t12-,13-/m1/s1. The van der Waals surface area contributed by atoms with Gasteiger partial charge in [0.05, 0.1) is 16.4 Å². The average molecular weight is 351 g/mol. The normalized spacial score (nSPS) is 21.9. The van der Waals surface area contributed by atoms with E-state index in [0.717, 1.165) is 12.5 Å². The zero-order chi connectivity index (χ0) is 17.9. The summed E-state index contributed by atoms with van der Waals surface area (Å²) in [7, 11) is -3.76. The number of nitro groups is 1. The van der Waals surface area contributed by atoms with Gasteiger partial charge in [-0.05, 0) is 30.4 Å². The SMILES string of the molecule is C#CCNc1ccc(S(=O)(=O)N2C[C@H](C)C[C@@H](C)C2)cc1[N+](=O)[O-]. The van der Waals surface area contributed by atoms with Crippen LogP contribution in [0.15, 0.2) is 23.1 Å². The Hall–Kier alpha value is -2.11. The molecule has 0 saturated carbocycles. The molecule has 2 atom stereocenters. The summed E-state index contributed by atoms with van der Waals surface area (Å²) >= 11 is 0. The molecule has 0 aliphatic carbocycles. The Labute approximate surface area is 142 Å². The molecule has 0 radical (unpaired) electrons. The number of terminal acetylenes is 1. The molecule has 130 valence electrons. The molecule has 0 aromatic heterocycles. The number of nitro benzene ring substituents is 1. The third-order valence-corrected chi connectivity index (χ3v) is 5.85. The average Bonchev–Trinajstić information content (AvgIpc) is 2.51. The van der Waals surface area contributed by atoms with Crippen LogP contribution in [0.5, 0.6) is 0 Å². The summed E-state index contributed by atoms with van der Waals surface area (Å²) in [5.41, 5.74) is -0.0956. The summed E-state index contributed by atoms with van der Waals surface area (Å²) in [4.78, 5) is 10.6. The van der Waals surface area contributed by atoms with E-state index in [2.05, 4.69) is 11.2 Å². The molecule has 1 aliphatic heterocycles. The Kier molecular flexibility index (Phi) is 5.47. The van der Waals surface area contributed by atoms with Crippen LogP contribution < -0.4 is 5.32 Å². The largest absolute Gasteiger partial charge is 0.369 e. The molecular weight excluding hydrogens is 330 g/mol. The molecule has 2 rings (SSSR count). The zero-order valence-corrected chi connectivity index (χ0v) is 14.5. The lowest BCUT2D eigenvalue weighted by Crippen LogP contribution is -2.42. The van der Waals surface area contributed by atoms with E-state index < -0.39 is 14.9 Å². The van der Waals surface area contributed by atoms with E-state index in [9.17, 15) is 18.5 Å². The summed E-state index contributed by atoms with van der Waals surface area (Å²) in [5.74, 6) is 2.85. The van der Waals surface area contributed by atoms with E-state index in [4.69, 9.17) is 6.42 Å². The van der Waals surface area contributed by atoms with Gasteiger partial charge in [0.25, 0.3) is 5.69 Å². The summed E-state index contributed by atoms with van der Waals surface area (Å²) < 4.78 is 27.1. The van der Waals surface area contributed by atoms with E-state index in [-0.39, 0.29) is 34.7 Å². The molecule has 0 unspecified atom stereocenters. The number of hydrogen-bond acceptors (Lipinski definition) is 5. The Morgan fingerprint density at radius 3 is 2.54 bits per heavy atom. The van der Waals surface area contributed by atoms with Gasteiger partial charge in [-0.3, -0.25) is 10.1 Å². The van der Waals surface area contributed by atoms with Crippen LogP contribution in [0.3, 0.4) is 0 Å². The van der Waals surface area contributed by atoms with Crippen LogP contribution in [0.2, 0.25) is 0 Å². The minimum absolute atomic E-state index is 0.0678. The molecule has 1 fully saturated rings. The molecule has 0 spiro atoms. The first kappa shape index (κ1) is 18.2. The number of rotatable bonds is 5. The van der Waals surface area contributed by atoms with E-state index in [1.807, 2.05) is 13.8 Å². The number of anilines is 1. The molecule has 1 aliphatic rings. The highest BCUT2D eigenvalue weighted by atomic mass is 32.2. The van der Waals surface area contributed by atoms with E-state index in [1.165, 1.54) is 16.4 Å². The third kappa shape index (κ3) is 3.86. The van der Waals surface area contributed by atoms with Crippen LogP contribution in [0.4, 0.5) is 11.4 Å². The maximum Gasteiger partial charge on any atom is 0.293 e. The monoisotopic (exact) mass is 351 g/mol. The zero-order valence-electron chi connectivity index (χ0n) is 13.7. The van der Waals surface area contributed by atoms with Crippen LogP contribution in [0.1, 0.15) is 20.3 Å². The topological polar surface area (TPSA) is 92.6 Å². The second-order valence-electron chi connectivity index (χ2n) is 6.26. The van der Waals surface area contributed by atoms with Crippen LogP contribution in [0.25, 0.3) is 0 Å². The number of benzene rings is 1. The minimum atomic E-state index is -3.76. The van der Waals surface area contributed by atoms with Gasteiger partial charge < -0.3 is 5.32 Å². The molecular formula is C16H21N3O4S. The first-order valence-corrected chi connectivity index (χ1v) is 9.15. The lowest BCUT2D eigenvalue weighted by atomic mass is 9.94. The fourth-order valence-corrected chi connectivity index (χ4v) is 4.77. The molecule has 1 saturated heterocycles. The van der Waals surface area contributed by atoms with Gasteiger partial charge in [0.15, 0.2) is 0 Å². The first-order valence-electron chi connectivity index (χ1n) is 7.71. The van der Waals surface area contributed by atoms with Gasteiger partial charge in [-0.15, -0.1) is 6.42 Å². The fraction of sp³-hybridized carbons (Fsp3) is 0.500. The third-order valence-electron chi connectivity index (χ3n) is 4.02. The van der Waals surface area contributed by atoms with Gasteiger partial charge in [-0.2, -0.15) is 4.31 Å². The molecule has 1 aromatic rings. The summed E-state index contributed by atoms with van der Waals surface area (Å²) in [5, 5.41) is 14.0. The smallest absolute Gasteiger partial charge is 0.293 e. The number of nitrogens with zero attached hydrogens (tertiary/aromatic N) is 2. The highest BCUT2D eigenvalue weighted by molar-refractivity contribution is 7.89. The van der Waals surface area contributed by atoms with E-state index in [0.29, 0.717) is 13.1 Å². The van der Waals surface area contributed by atoms with Crippen molar-refractivity contribution in [1.29, 1.82) is 0 Å². The quantitative estimate of drug-likeness (QED) is 0.499. The molecule has 0 bridgehead atoms. The first-order chi connectivity index (χ1) is 11.3. The predicted molar refractivity (Wildman–Crippen MR) is 92.1 cm³/mol. The number of sulfonamides is 1. The van der Waals surface area contributed by atoms with Crippen molar-refractivity contribution in [3.63, 3.8) is 0 Å². The molecule has 7 nitrogen and oxygen atoms in total. The number of piperidine rings is 1. The second kappa shape index (κ2) is 7.20. The highest BCUT2D eigenvalue weighted by Gasteiger charge is 2.32. The highest BCUT2D eigenvalue weighted by Crippen LogP contribution is 2.31. The number of hydrogen-bond donors (Lipinski definition) is 1. The summed E-state index contributed by atoms with van der Waals surface area (Å²) in [6.45, 7) is 4.99. The molecule has 1 N–H and O–H groups in total. The fourth-order valence-electron chi connectivity index (χ4n) is 3.07. The summed E-state index contributed by atoms with van der Waals surface area (Å²) in [6.07, 6.45) is 6.11. The van der Waals surface area contributed by atoms with Crippen LogP contribution in [0, 0.1) is 34.3 Å². The van der Waals surface area contributed by atoms with Gasteiger partial charge in [0, 0.05) is 19.2 Å². The van der Waals surface area contributed by atoms with E-state index >= 15 is 0 Å². The lowest BCUT2D eigenvalue weighted by molar-refractivity contribution is -0.384. The maximum absolute atomic E-state index is 12.8. The molecule has 1 heterocycles. The van der Waals surface area contributed by atoms with Gasteiger partial charge in [-0.25, -0.2) is 8.42 Å². The Morgan fingerprint density at radius 2 is 2.00 bits per heavy atom. The minimum Gasteiger partial charge on any atom is -0.369 e. The van der Waals surface area contributed by atoms with Crippen molar-refractivity contribution in [2.24, 2.45) is 11.8 Å². The maximum atomic E-state index is 12.8. The van der Waals surface area contributed by atoms with Crippen LogP contribution in [-0.2, 0) is 10.0 Å². The van der Waals surface area contributed by atoms with Gasteiger partial charge >= 0.3 is 0 Å². The van der Waals surface area contributed by atoms with Crippen molar-refractivity contribution in [2.75, 3.05) is 25.0 Å². The molecule has 24 heavy (non-hydrogen) atoms. The Bertz CT molecular complexity index is 760. The van der Waals surface area contributed by atoms with Crippen molar-refractivity contribution >= 4 is 21.4 Å².